The third-order valence-electron chi connectivity index (χ3n) is 3.60. The minimum absolute atomic E-state index is 0.0441. The van der Waals surface area contributed by atoms with Gasteiger partial charge in [-0.15, -0.1) is 0 Å². The number of nitro groups is 1. The number of hydrogen-bond acceptors (Lipinski definition) is 6. The van der Waals surface area contributed by atoms with Gasteiger partial charge >= 0.3 is 12.8 Å². The Hall–Kier alpha value is -1.97. The predicted molar refractivity (Wildman–Crippen MR) is 98.0 cm³/mol. The largest absolute Gasteiger partial charge is 0.488 e. The van der Waals surface area contributed by atoms with Gasteiger partial charge in [0.25, 0.3) is 0 Å². The topological polar surface area (TPSA) is 106 Å². The molecule has 1 heterocycles. The van der Waals surface area contributed by atoms with Crippen LogP contribution in [-0.2, 0) is 0 Å². The fraction of sp³-hybridized carbons (Fsp3) is 0.312. The summed E-state index contributed by atoms with van der Waals surface area (Å²) in [6.45, 7) is 3.60. The van der Waals surface area contributed by atoms with E-state index in [-0.39, 0.29) is 11.8 Å². The summed E-state index contributed by atoms with van der Waals surface area (Å²) in [6.07, 6.45) is 5.26. The van der Waals surface area contributed by atoms with Crippen molar-refractivity contribution in [3.63, 3.8) is 0 Å². The number of aromatic nitrogens is 1. The van der Waals surface area contributed by atoms with Crippen LogP contribution in [-0.4, -0.2) is 33.2 Å². The molecule has 1 fully saturated rings. The first-order valence-corrected chi connectivity index (χ1v) is 8.46. The van der Waals surface area contributed by atoms with Crippen molar-refractivity contribution in [2.75, 3.05) is 0 Å². The molecule has 1 aliphatic carbocycles. The monoisotopic (exact) mass is 408 g/mol. The number of ether oxygens (including phenoxy) is 1. The molecule has 1 saturated carbocycles. The number of benzene rings is 1. The van der Waals surface area contributed by atoms with Gasteiger partial charge in [0.05, 0.1) is 11.0 Å². The van der Waals surface area contributed by atoms with Crippen LogP contribution in [0.15, 0.2) is 35.1 Å². The van der Waals surface area contributed by atoms with Crippen molar-refractivity contribution in [1.29, 1.82) is 0 Å². The van der Waals surface area contributed by atoms with Crippen molar-refractivity contribution >= 4 is 34.2 Å². The summed E-state index contributed by atoms with van der Waals surface area (Å²) >= 11 is 3.34. The number of aryl methyl sites for hydroxylation is 2. The minimum atomic E-state index is -1.39. The zero-order valence-corrected chi connectivity index (χ0v) is 15.4. The van der Waals surface area contributed by atoms with Crippen LogP contribution in [0.4, 0.5) is 5.69 Å². The first-order valence-electron chi connectivity index (χ1n) is 7.67. The molecule has 2 N–H and O–H groups in total. The van der Waals surface area contributed by atoms with E-state index in [9.17, 15) is 10.1 Å². The molecule has 1 aromatic carbocycles. The van der Waals surface area contributed by atoms with Gasteiger partial charge in [0.15, 0.2) is 5.75 Å². The molecular formula is C16H18BBrN2O5. The maximum Gasteiger partial charge on any atom is 0.488 e. The Bertz CT molecular complexity index is 768. The van der Waals surface area contributed by atoms with Gasteiger partial charge in [-0.1, -0.05) is 15.9 Å². The standard InChI is InChI=1S/C10H10BrNO3.C6H8BNO2/c1-6-4-9(12(13)14)10(5-8(6)11)15-7-2-3-7;1-5-4-8-3-2-6(5)7(9)10/h4-5,7H,2-3H2,1H3;2-4,9-10H,1H3. The first-order chi connectivity index (χ1) is 11.8. The summed E-state index contributed by atoms with van der Waals surface area (Å²) < 4.78 is 6.32. The molecule has 0 unspecified atom stereocenters. The molecule has 2 aromatic rings. The summed E-state index contributed by atoms with van der Waals surface area (Å²) in [5.74, 6) is 0.361. The van der Waals surface area contributed by atoms with E-state index in [4.69, 9.17) is 14.8 Å². The molecule has 132 valence electrons. The second kappa shape index (κ2) is 8.42. The highest BCUT2D eigenvalue weighted by atomic mass is 79.9. The van der Waals surface area contributed by atoms with Crippen LogP contribution >= 0.6 is 15.9 Å². The van der Waals surface area contributed by atoms with Crippen molar-refractivity contribution in [3.05, 3.63) is 56.3 Å². The molecule has 7 nitrogen and oxygen atoms in total. The van der Waals surface area contributed by atoms with Crippen LogP contribution in [0.1, 0.15) is 24.0 Å². The summed E-state index contributed by atoms with van der Waals surface area (Å²) in [5.41, 5.74) is 2.18. The Morgan fingerprint density at radius 1 is 1.32 bits per heavy atom. The normalized spacial score (nSPS) is 12.8. The van der Waals surface area contributed by atoms with Gasteiger partial charge < -0.3 is 14.8 Å². The average molecular weight is 409 g/mol. The third-order valence-corrected chi connectivity index (χ3v) is 4.45. The molecule has 3 rings (SSSR count). The van der Waals surface area contributed by atoms with Crippen molar-refractivity contribution in [1.82, 2.24) is 4.98 Å². The lowest BCUT2D eigenvalue weighted by Gasteiger charge is -2.07. The van der Waals surface area contributed by atoms with E-state index in [0.717, 1.165) is 28.4 Å². The summed E-state index contributed by atoms with van der Waals surface area (Å²) in [7, 11) is -1.39. The minimum Gasteiger partial charge on any atom is -0.483 e. The van der Waals surface area contributed by atoms with Crippen molar-refractivity contribution in [2.45, 2.75) is 32.8 Å². The van der Waals surface area contributed by atoms with Crippen molar-refractivity contribution in [3.8, 4) is 5.75 Å². The number of pyridine rings is 1. The first kappa shape index (κ1) is 19.4. The maximum atomic E-state index is 10.8. The Morgan fingerprint density at radius 2 is 2.00 bits per heavy atom. The molecule has 9 heteroatoms. The second-order valence-electron chi connectivity index (χ2n) is 5.75. The summed E-state index contributed by atoms with van der Waals surface area (Å²) in [4.78, 5) is 14.2. The van der Waals surface area contributed by atoms with Crippen molar-refractivity contribution < 1.29 is 19.7 Å². The van der Waals surface area contributed by atoms with Gasteiger partial charge in [-0.05, 0) is 49.3 Å². The zero-order valence-electron chi connectivity index (χ0n) is 13.8. The summed E-state index contributed by atoms with van der Waals surface area (Å²) in [6, 6.07) is 4.79. The number of rotatable bonds is 4. The molecule has 1 aromatic heterocycles. The third kappa shape index (κ3) is 5.52. The van der Waals surface area contributed by atoms with Crippen molar-refractivity contribution in [2.24, 2.45) is 0 Å². The second-order valence-corrected chi connectivity index (χ2v) is 6.60. The molecular weight excluding hydrogens is 391 g/mol. The Morgan fingerprint density at radius 3 is 2.48 bits per heavy atom. The lowest BCUT2D eigenvalue weighted by molar-refractivity contribution is -0.386. The van der Waals surface area contributed by atoms with Crippen LogP contribution in [0.25, 0.3) is 0 Å². The van der Waals surface area contributed by atoms with Crippen LogP contribution in [0.2, 0.25) is 0 Å². The van der Waals surface area contributed by atoms with E-state index >= 15 is 0 Å². The molecule has 0 saturated heterocycles. The number of nitrogens with zero attached hydrogens (tertiary/aromatic N) is 2. The van der Waals surface area contributed by atoms with Gasteiger partial charge in [0.2, 0.25) is 0 Å². The molecule has 0 amide bonds. The quantitative estimate of drug-likeness (QED) is 0.456. The predicted octanol–water partition coefficient (Wildman–Crippen LogP) is 2.28. The van der Waals surface area contributed by atoms with E-state index < -0.39 is 12.0 Å². The van der Waals surface area contributed by atoms with E-state index in [0.29, 0.717) is 11.2 Å². The highest BCUT2D eigenvalue weighted by Crippen LogP contribution is 2.36. The highest BCUT2D eigenvalue weighted by molar-refractivity contribution is 9.10. The molecule has 1 aliphatic rings. The van der Waals surface area contributed by atoms with Crippen LogP contribution < -0.4 is 10.2 Å². The Kier molecular flexibility index (Phi) is 6.52. The zero-order chi connectivity index (χ0) is 18.6. The fourth-order valence-corrected chi connectivity index (χ4v) is 2.35. The molecule has 0 aliphatic heterocycles. The summed E-state index contributed by atoms with van der Waals surface area (Å²) in [5, 5.41) is 28.3. The van der Waals surface area contributed by atoms with Gasteiger partial charge in [0.1, 0.15) is 0 Å². The lowest BCUT2D eigenvalue weighted by Crippen LogP contribution is -2.31. The molecule has 0 radical (unpaired) electrons. The lowest BCUT2D eigenvalue weighted by atomic mass is 9.78. The van der Waals surface area contributed by atoms with E-state index in [1.54, 1.807) is 25.3 Å². The Balaban J connectivity index is 0.000000196. The van der Waals surface area contributed by atoms with E-state index in [2.05, 4.69) is 20.9 Å². The molecule has 0 spiro atoms. The maximum absolute atomic E-state index is 10.8. The molecule has 0 atom stereocenters. The number of hydrogen-bond donors (Lipinski definition) is 2. The fourth-order valence-electron chi connectivity index (χ4n) is 2.02. The number of nitro benzene ring substituents is 1. The SMILES string of the molecule is Cc1cc([N+](=O)[O-])c(OC2CC2)cc1Br.Cc1cnccc1B(O)O. The Labute approximate surface area is 154 Å². The van der Waals surface area contributed by atoms with E-state index in [1.807, 2.05) is 6.92 Å². The van der Waals surface area contributed by atoms with Gasteiger partial charge in [-0.2, -0.15) is 0 Å². The molecule has 0 bridgehead atoms. The van der Waals surface area contributed by atoms with Gasteiger partial charge in [-0.3, -0.25) is 15.1 Å². The molecule has 25 heavy (non-hydrogen) atoms. The van der Waals surface area contributed by atoms with Crippen LogP contribution in [0.5, 0.6) is 5.75 Å². The highest BCUT2D eigenvalue weighted by Gasteiger charge is 2.27. The van der Waals surface area contributed by atoms with Gasteiger partial charge in [-0.25, -0.2) is 0 Å². The van der Waals surface area contributed by atoms with Crippen LogP contribution in [0, 0.1) is 24.0 Å². The smallest absolute Gasteiger partial charge is 0.483 e. The average Bonchev–Trinajstić information content (AvgIpc) is 3.35. The number of halogens is 1. The van der Waals surface area contributed by atoms with Gasteiger partial charge in [0, 0.05) is 29.0 Å². The van der Waals surface area contributed by atoms with E-state index in [1.165, 1.54) is 12.3 Å². The van der Waals surface area contributed by atoms with Crippen LogP contribution in [0.3, 0.4) is 0 Å².